The number of hydrogen-bond donors (Lipinski definition) is 2. The number of halogens is 3. The molecule has 0 aromatic carbocycles. The van der Waals surface area contributed by atoms with Crippen molar-refractivity contribution in [3.05, 3.63) is 18.0 Å². The van der Waals surface area contributed by atoms with Crippen molar-refractivity contribution in [3.63, 3.8) is 0 Å². The third-order valence-electron chi connectivity index (χ3n) is 6.34. The summed E-state index contributed by atoms with van der Waals surface area (Å²) in [4.78, 5) is 12.3. The van der Waals surface area contributed by atoms with Crippen molar-refractivity contribution in [1.82, 2.24) is 25.9 Å². The van der Waals surface area contributed by atoms with Gasteiger partial charge in [-0.15, -0.1) is 10.2 Å². The first-order chi connectivity index (χ1) is 12.4. The zero-order valence-corrected chi connectivity index (χ0v) is 14.3. The number of H-pyrrole nitrogens is 1. The van der Waals surface area contributed by atoms with Crippen molar-refractivity contribution >= 4 is 5.91 Å². The number of carbonyl (C=O) groups excluding carboxylic acids is 1. The van der Waals surface area contributed by atoms with E-state index in [4.69, 9.17) is 0 Å². The van der Waals surface area contributed by atoms with Crippen LogP contribution in [0.2, 0.25) is 0 Å². The average Bonchev–Trinajstić information content (AvgIpc) is 3.03. The molecule has 0 aliphatic heterocycles. The lowest BCUT2D eigenvalue weighted by atomic mass is 9.48. The first-order valence-electron chi connectivity index (χ1n) is 9.09. The van der Waals surface area contributed by atoms with Crippen LogP contribution in [-0.2, 0) is 4.79 Å². The minimum atomic E-state index is -4.21. The molecule has 1 heterocycles. The highest BCUT2D eigenvalue weighted by Gasteiger charge is 2.56. The minimum absolute atomic E-state index is 0.00798. The number of hydrogen-bond acceptors (Lipinski definition) is 4. The molecule has 2 saturated carbocycles. The molecule has 0 bridgehead atoms. The number of aromatic nitrogens is 4. The van der Waals surface area contributed by atoms with E-state index in [2.05, 4.69) is 25.9 Å². The molecule has 1 spiro atoms. The Hall–Kier alpha value is -1.93. The number of rotatable bonds is 4. The van der Waals surface area contributed by atoms with E-state index in [9.17, 15) is 18.0 Å². The monoisotopic (exact) mass is 369 g/mol. The average molecular weight is 369 g/mol. The highest BCUT2D eigenvalue weighted by Crippen LogP contribution is 2.63. The van der Waals surface area contributed by atoms with Crippen molar-refractivity contribution < 1.29 is 18.0 Å². The van der Waals surface area contributed by atoms with Crippen molar-refractivity contribution in [3.8, 4) is 0 Å². The van der Waals surface area contributed by atoms with Gasteiger partial charge in [-0.05, 0) is 49.9 Å². The Labute approximate surface area is 149 Å². The number of nitrogens with one attached hydrogen (secondary N) is 2. The smallest absolute Gasteiger partial charge is 0.356 e. The molecule has 6 nitrogen and oxygen atoms in total. The van der Waals surface area contributed by atoms with E-state index in [1.165, 1.54) is 0 Å². The van der Waals surface area contributed by atoms with Crippen LogP contribution in [-0.4, -0.2) is 39.3 Å². The summed E-state index contributed by atoms with van der Waals surface area (Å²) in [6.07, 6.45) is 3.06. The third-order valence-corrected chi connectivity index (χ3v) is 6.34. The van der Waals surface area contributed by atoms with Crippen LogP contribution in [0.15, 0.2) is 12.2 Å². The Morgan fingerprint density at radius 2 is 1.96 bits per heavy atom. The number of alkyl halides is 3. The Morgan fingerprint density at radius 3 is 2.62 bits per heavy atom. The predicted octanol–water partition coefficient (Wildman–Crippen LogP) is 2.73. The van der Waals surface area contributed by atoms with Gasteiger partial charge in [0.25, 0.3) is 0 Å². The van der Waals surface area contributed by atoms with E-state index < -0.39 is 18.0 Å². The maximum Gasteiger partial charge on any atom is 0.392 e. The molecule has 1 amide bonds. The van der Waals surface area contributed by atoms with E-state index in [0.29, 0.717) is 12.3 Å². The van der Waals surface area contributed by atoms with Gasteiger partial charge in [0, 0.05) is 18.4 Å². The second-order valence-electron chi connectivity index (χ2n) is 8.08. The van der Waals surface area contributed by atoms with Crippen molar-refractivity contribution in [2.24, 2.45) is 23.2 Å². The molecule has 142 valence electrons. The van der Waals surface area contributed by atoms with Gasteiger partial charge in [-0.1, -0.05) is 17.4 Å². The number of nitrogens with zero attached hydrogens (tertiary/aromatic N) is 3. The summed E-state index contributed by atoms with van der Waals surface area (Å²) in [5.41, 5.74) is 0.190. The Balaban J connectivity index is 1.23. The summed E-state index contributed by atoms with van der Waals surface area (Å²) in [5.74, 6) is -1.07. The van der Waals surface area contributed by atoms with Crippen molar-refractivity contribution in [2.45, 2.75) is 50.6 Å². The molecule has 26 heavy (non-hydrogen) atoms. The molecule has 9 heteroatoms. The van der Waals surface area contributed by atoms with E-state index in [0.717, 1.165) is 31.5 Å². The van der Waals surface area contributed by atoms with Crippen LogP contribution in [0.1, 0.15) is 50.3 Å². The topological polar surface area (TPSA) is 83.6 Å². The van der Waals surface area contributed by atoms with E-state index >= 15 is 0 Å². The van der Waals surface area contributed by atoms with Gasteiger partial charge in [-0.3, -0.25) is 4.79 Å². The molecular formula is C17H22F3N5O. The van der Waals surface area contributed by atoms with Crippen LogP contribution >= 0.6 is 0 Å². The van der Waals surface area contributed by atoms with E-state index in [-0.39, 0.29) is 30.2 Å². The summed E-state index contributed by atoms with van der Waals surface area (Å²) in [6.45, 7) is 0.0995. The molecule has 1 aromatic heterocycles. The van der Waals surface area contributed by atoms with Gasteiger partial charge in [0.15, 0.2) is 5.82 Å². The van der Waals surface area contributed by atoms with Gasteiger partial charge in [0.05, 0.1) is 5.92 Å². The normalized spacial score (nSPS) is 36.4. The number of tetrazole rings is 1. The van der Waals surface area contributed by atoms with Crippen LogP contribution in [0.3, 0.4) is 0 Å². The molecular weight excluding hydrogens is 347 g/mol. The lowest BCUT2D eigenvalue weighted by Crippen LogP contribution is -2.52. The number of allylic oxidation sites excluding steroid dienone is 2. The second kappa shape index (κ2) is 6.35. The Bertz CT molecular complexity index is 673. The molecule has 4 rings (SSSR count). The van der Waals surface area contributed by atoms with Gasteiger partial charge in [-0.2, -0.15) is 18.4 Å². The molecule has 0 radical (unpaired) electrons. The quantitative estimate of drug-likeness (QED) is 0.800. The van der Waals surface area contributed by atoms with Crippen LogP contribution in [0, 0.1) is 23.2 Å². The highest BCUT2D eigenvalue weighted by atomic mass is 19.4. The highest BCUT2D eigenvalue weighted by molar-refractivity contribution is 5.79. The zero-order chi connectivity index (χ0) is 18.4. The number of aromatic amines is 1. The molecule has 3 aliphatic rings. The summed E-state index contributed by atoms with van der Waals surface area (Å²) < 4.78 is 39.3. The first kappa shape index (κ1) is 17.5. The van der Waals surface area contributed by atoms with E-state index in [1.54, 1.807) is 12.2 Å². The second-order valence-corrected chi connectivity index (χ2v) is 8.08. The number of amides is 1. The Kier molecular flexibility index (Phi) is 4.27. The van der Waals surface area contributed by atoms with Crippen LogP contribution in [0.4, 0.5) is 13.2 Å². The van der Waals surface area contributed by atoms with Crippen LogP contribution < -0.4 is 5.32 Å². The summed E-state index contributed by atoms with van der Waals surface area (Å²) in [6, 6.07) is 0. The molecule has 2 N–H and O–H groups in total. The van der Waals surface area contributed by atoms with E-state index in [1.807, 2.05) is 0 Å². The van der Waals surface area contributed by atoms with Crippen molar-refractivity contribution in [2.75, 3.05) is 6.54 Å². The van der Waals surface area contributed by atoms with Gasteiger partial charge in [0.2, 0.25) is 5.91 Å². The SMILES string of the molecule is O=C(NC[C@@H]1CC=CC[C@H]1C(F)(F)F)C1CC2(C1)CC(c1nn[nH]n1)C2. The van der Waals surface area contributed by atoms with Gasteiger partial charge < -0.3 is 5.32 Å². The molecule has 0 saturated heterocycles. The van der Waals surface area contributed by atoms with Gasteiger partial charge in [-0.25, -0.2) is 0 Å². The van der Waals surface area contributed by atoms with Crippen LogP contribution in [0.5, 0.6) is 0 Å². The minimum Gasteiger partial charge on any atom is -0.356 e. The number of carbonyl (C=O) groups is 1. The van der Waals surface area contributed by atoms with Crippen LogP contribution in [0.25, 0.3) is 0 Å². The fraction of sp³-hybridized carbons (Fsp3) is 0.765. The molecule has 2 atom stereocenters. The maximum atomic E-state index is 13.1. The lowest BCUT2D eigenvalue weighted by Gasteiger charge is -2.56. The predicted molar refractivity (Wildman–Crippen MR) is 85.7 cm³/mol. The fourth-order valence-corrected chi connectivity index (χ4v) is 4.89. The van der Waals surface area contributed by atoms with Gasteiger partial charge >= 0.3 is 6.18 Å². The fourth-order valence-electron chi connectivity index (χ4n) is 4.89. The summed E-state index contributed by atoms with van der Waals surface area (Å²) in [5, 5.41) is 16.8. The maximum absolute atomic E-state index is 13.1. The lowest BCUT2D eigenvalue weighted by molar-refractivity contribution is -0.189. The summed E-state index contributed by atoms with van der Waals surface area (Å²) in [7, 11) is 0. The largest absolute Gasteiger partial charge is 0.392 e. The molecule has 3 aliphatic carbocycles. The zero-order valence-electron chi connectivity index (χ0n) is 14.3. The van der Waals surface area contributed by atoms with Crippen molar-refractivity contribution in [1.29, 1.82) is 0 Å². The molecule has 1 aromatic rings. The summed E-state index contributed by atoms with van der Waals surface area (Å²) >= 11 is 0. The van der Waals surface area contributed by atoms with Gasteiger partial charge in [0.1, 0.15) is 0 Å². The first-order valence-corrected chi connectivity index (χ1v) is 9.09. The molecule has 2 fully saturated rings. The third kappa shape index (κ3) is 3.23. The Morgan fingerprint density at radius 1 is 1.23 bits per heavy atom. The molecule has 0 unspecified atom stereocenters. The standard InChI is InChI=1S/C17H22F3N5O/c18-17(19,20)13-4-2-1-3-10(13)9-21-15(26)12-7-16(8-12)5-11(6-16)14-22-24-25-23-14/h1-2,10-13H,3-9H2,(H,21,26)(H,22,23,24,25)/t10-,11?,12?,13+,16?/m0/s1.